The number of fused-ring (bicyclic) bond motifs is 1. The molecule has 5 nitrogen and oxygen atoms in total. The highest BCUT2D eigenvalue weighted by molar-refractivity contribution is 7.19. The maximum absolute atomic E-state index is 12.9. The maximum Gasteiger partial charge on any atom is 0.260 e. The van der Waals surface area contributed by atoms with E-state index in [1.807, 2.05) is 19.2 Å². The topological polar surface area (TPSA) is 54.3 Å². The van der Waals surface area contributed by atoms with Crippen molar-refractivity contribution in [3.63, 3.8) is 0 Å². The summed E-state index contributed by atoms with van der Waals surface area (Å²) < 4.78 is 2.62. The normalized spacial score (nSPS) is 15.7. The zero-order valence-electron chi connectivity index (χ0n) is 16.0. The lowest BCUT2D eigenvalue weighted by molar-refractivity contribution is 0.0948. The minimum Gasteiger partial charge on any atom is -0.351 e. The van der Waals surface area contributed by atoms with E-state index in [0.717, 1.165) is 29.2 Å². The molecule has 1 saturated heterocycles. The summed E-state index contributed by atoms with van der Waals surface area (Å²) in [5.41, 5.74) is 0.508. The number of hydrogen-bond donors (Lipinski definition) is 1. The number of thiophene rings is 1. The van der Waals surface area contributed by atoms with Crippen molar-refractivity contribution in [2.45, 2.75) is 46.6 Å². The van der Waals surface area contributed by atoms with E-state index in [4.69, 9.17) is 0 Å². The van der Waals surface area contributed by atoms with Crippen molar-refractivity contribution in [2.75, 3.05) is 26.2 Å². The van der Waals surface area contributed by atoms with E-state index in [-0.39, 0.29) is 11.5 Å². The Morgan fingerprint density at radius 2 is 2.00 bits per heavy atom. The molecule has 2 aromatic heterocycles. The Morgan fingerprint density at radius 3 is 2.69 bits per heavy atom. The van der Waals surface area contributed by atoms with Gasteiger partial charge in [-0.1, -0.05) is 20.3 Å². The number of piperidine rings is 1. The maximum atomic E-state index is 12.9. The molecule has 0 unspecified atom stereocenters. The predicted molar refractivity (Wildman–Crippen MR) is 108 cm³/mol. The number of amides is 1. The van der Waals surface area contributed by atoms with Gasteiger partial charge in [-0.3, -0.25) is 9.59 Å². The molecule has 2 aromatic rings. The average Bonchev–Trinajstić information content (AvgIpc) is 2.95. The molecule has 0 aliphatic carbocycles. The first-order chi connectivity index (χ1) is 12.5. The molecule has 1 aliphatic rings. The fourth-order valence-electron chi connectivity index (χ4n) is 3.67. The Hall–Kier alpha value is -1.66. The predicted octanol–water partition coefficient (Wildman–Crippen LogP) is 3.24. The first-order valence-electron chi connectivity index (χ1n) is 9.60. The molecular weight excluding hydrogens is 346 g/mol. The lowest BCUT2D eigenvalue weighted by Gasteiger charge is -2.26. The fourth-order valence-corrected chi connectivity index (χ4v) is 4.72. The van der Waals surface area contributed by atoms with E-state index in [1.165, 1.54) is 30.6 Å². The SMILES string of the molecule is Cc1sc2ccn(CC(C)C)c(=O)c2c1C(=O)NCCN1CCCCC1. The largest absolute Gasteiger partial charge is 0.351 e. The Labute approximate surface area is 159 Å². The summed E-state index contributed by atoms with van der Waals surface area (Å²) >= 11 is 1.53. The average molecular weight is 376 g/mol. The summed E-state index contributed by atoms with van der Waals surface area (Å²) in [6.45, 7) is 10.5. The molecule has 0 bridgehead atoms. The highest BCUT2D eigenvalue weighted by Gasteiger charge is 2.20. The lowest BCUT2D eigenvalue weighted by Crippen LogP contribution is -2.38. The molecule has 0 aromatic carbocycles. The molecule has 3 rings (SSSR count). The highest BCUT2D eigenvalue weighted by atomic mass is 32.1. The minimum atomic E-state index is -0.120. The fraction of sp³-hybridized carbons (Fsp3) is 0.600. The monoisotopic (exact) mass is 375 g/mol. The van der Waals surface area contributed by atoms with E-state index < -0.39 is 0 Å². The standard InChI is InChI=1S/C20H29N3O2S/c1-14(2)13-23-11-7-16-18(20(23)25)17(15(3)26-16)19(24)21-8-12-22-9-5-4-6-10-22/h7,11,14H,4-6,8-10,12-13H2,1-3H3,(H,21,24). The number of carbonyl (C=O) groups is 1. The van der Waals surface area contributed by atoms with E-state index in [9.17, 15) is 9.59 Å². The van der Waals surface area contributed by atoms with Gasteiger partial charge >= 0.3 is 0 Å². The second-order valence-corrected chi connectivity index (χ2v) is 8.85. The Morgan fingerprint density at radius 1 is 1.27 bits per heavy atom. The minimum absolute atomic E-state index is 0.0540. The number of carbonyl (C=O) groups excluding carboxylic acids is 1. The van der Waals surface area contributed by atoms with E-state index in [2.05, 4.69) is 24.1 Å². The summed E-state index contributed by atoms with van der Waals surface area (Å²) in [7, 11) is 0. The molecule has 0 radical (unpaired) electrons. The van der Waals surface area contributed by atoms with Gasteiger partial charge in [0, 0.05) is 35.4 Å². The Kier molecular flexibility index (Phi) is 6.14. The van der Waals surface area contributed by atoms with Crippen LogP contribution in [0.2, 0.25) is 0 Å². The van der Waals surface area contributed by atoms with Crippen LogP contribution in [0.25, 0.3) is 10.1 Å². The zero-order chi connectivity index (χ0) is 18.7. The van der Waals surface area contributed by atoms with Crippen molar-refractivity contribution >= 4 is 27.3 Å². The number of pyridine rings is 1. The van der Waals surface area contributed by atoms with Gasteiger partial charge in [0.15, 0.2) is 0 Å². The van der Waals surface area contributed by atoms with Gasteiger partial charge in [-0.05, 0) is 44.8 Å². The molecule has 1 N–H and O–H groups in total. The first-order valence-corrected chi connectivity index (χ1v) is 10.4. The van der Waals surface area contributed by atoms with Gasteiger partial charge in [-0.15, -0.1) is 11.3 Å². The third-order valence-corrected chi connectivity index (χ3v) is 6.01. The number of aromatic nitrogens is 1. The van der Waals surface area contributed by atoms with E-state index >= 15 is 0 Å². The van der Waals surface area contributed by atoms with Gasteiger partial charge in [-0.25, -0.2) is 0 Å². The van der Waals surface area contributed by atoms with Crippen molar-refractivity contribution < 1.29 is 4.79 Å². The van der Waals surface area contributed by atoms with Crippen LogP contribution < -0.4 is 10.9 Å². The molecule has 6 heteroatoms. The van der Waals surface area contributed by atoms with Crippen LogP contribution in [0.5, 0.6) is 0 Å². The van der Waals surface area contributed by atoms with Crippen LogP contribution in [0, 0.1) is 12.8 Å². The molecule has 1 aliphatic heterocycles. The molecular formula is C20H29N3O2S. The van der Waals surface area contributed by atoms with Crippen LogP contribution in [-0.4, -0.2) is 41.6 Å². The summed E-state index contributed by atoms with van der Waals surface area (Å²) in [4.78, 5) is 29.0. The number of likely N-dealkylation sites (tertiary alicyclic amines) is 1. The van der Waals surface area contributed by atoms with E-state index in [1.54, 1.807) is 4.57 Å². The molecule has 0 spiro atoms. The molecule has 3 heterocycles. The number of hydrogen-bond acceptors (Lipinski definition) is 4. The lowest BCUT2D eigenvalue weighted by atomic mass is 10.1. The third-order valence-electron chi connectivity index (χ3n) is 4.94. The van der Waals surface area contributed by atoms with Gasteiger partial charge in [0.25, 0.3) is 11.5 Å². The number of rotatable bonds is 6. The second-order valence-electron chi connectivity index (χ2n) is 7.60. The van der Waals surface area contributed by atoms with Crippen molar-refractivity contribution in [1.29, 1.82) is 0 Å². The van der Waals surface area contributed by atoms with Crippen LogP contribution in [0.4, 0.5) is 0 Å². The van der Waals surface area contributed by atoms with Crippen LogP contribution in [0.3, 0.4) is 0 Å². The van der Waals surface area contributed by atoms with E-state index in [0.29, 0.717) is 30.0 Å². The summed E-state index contributed by atoms with van der Waals surface area (Å²) in [5.74, 6) is 0.261. The number of nitrogens with one attached hydrogen (secondary N) is 1. The van der Waals surface area contributed by atoms with Crippen LogP contribution >= 0.6 is 11.3 Å². The van der Waals surface area contributed by atoms with Gasteiger partial charge in [0.2, 0.25) is 0 Å². The summed E-state index contributed by atoms with van der Waals surface area (Å²) in [6.07, 6.45) is 5.65. The van der Waals surface area contributed by atoms with Crippen molar-refractivity contribution in [1.82, 2.24) is 14.8 Å². The first kappa shape index (κ1) is 19.1. The molecule has 142 valence electrons. The highest BCUT2D eigenvalue weighted by Crippen LogP contribution is 2.28. The Bertz CT molecular complexity index is 831. The Balaban J connectivity index is 1.78. The molecule has 0 atom stereocenters. The van der Waals surface area contributed by atoms with Gasteiger partial charge in [0.05, 0.1) is 10.9 Å². The third kappa shape index (κ3) is 4.18. The van der Waals surface area contributed by atoms with Crippen molar-refractivity contribution in [3.05, 3.63) is 33.1 Å². The van der Waals surface area contributed by atoms with Gasteiger partial charge in [0.1, 0.15) is 0 Å². The zero-order valence-corrected chi connectivity index (χ0v) is 16.8. The second kappa shape index (κ2) is 8.35. The molecule has 0 saturated carbocycles. The molecule has 26 heavy (non-hydrogen) atoms. The molecule has 1 amide bonds. The van der Waals surface area contributed by atoms with Gasteiger partial charge in [-0.2, -0.15) is 0 Å². The summed E-state index contributed by atoms with van der Waals surface area (Å²) in [5, 5.41) is 3.61. The van der Waals surface area contributed by atoms with Crippen LogP contribution in [0.1, 0.15) is 48.3 Å². The summed E-state index contributed by atoms with van der Waals surface area (Å²) in [6, 6.07) is 1.96. The molecule has 1 fully saturated rings. The van der Waals surface area contributed by atoms with Crippen LogP contribution in [-0.2, 0) is 6.54 Å². The smallest absolute Gasteiger partial charge is 0.260 e. The van der Waals surface area contributed by atoms with Crippen LogP contribution in [0.15, 0.2) is 17.1 Å². The quantitative estimate of drug-likeness (QED) is 0.843. The van der Waals surface area contributed by atoms with Crippen molar-refractivity contribution in [3.8, 4) is 0 Å². The number of nitrogens with zero attached hydrogens (tertiary/aromatic N) is 2. The van der Waals surface area contributed by atoms with Gasteiger partial charge < -0.3 is 14.8 Å². The number of aryl methyl sites for hydroxylation is 1. The van der Waals surface area contributed by atoms with Crippen molar-refractivity contribution in [2.24, 2.45) is 5.92 Å².